The van der Waals surface area contributed by atoms with Crippen molar-refractivity contribution in [3.8, 4) is 0 Å². The van der Waals surface area contributed by atoms with Crippen LogP contribution in [0.2, 0.25) is 4.34 Å². The number of hydrogen-bond acceptors (Lipinski definition) is 4. The standard InChI is InChI=1S/C13H16ClN3S/c1-9(2)11-7-13(17-8-16-11)15-6-5-10-3-4-12(14)18-10/h3-4,7-9H,5-6H2,1-2H3,(H,15,16,17). The predicted molar refractivity (Wildman–Crippen MR) is 77.6 cm³/mol. The summed E-state index contributed by atoms with van der Waals surface area (Å²) < 4.78 is 0.842. The third-order valence-corrected chi connectivity index (χ3v) is 3.88. The van der Waals surface area contributed by atoms with Gasteiger partial charge in [0.2, 0.25) is 0 Å². The molecule has 0 atom stereocenters. The van der Waals surface area contributed by atoms with E-state index in [2.05, 4.69) is 35.2 Å². The molecule has 0 aliphatic carbocycles. The second kappa shape index (κ2) is 6.16. The van der Waals surface area contributed by atoms with Crippen LogP contribution in [0.15, 0.2) is 24.5 Å². The molecule has 0 aromatic carbocycles. The smallest absolute Gasteiger partial charge is 0.129 e. The van der Waals surface area contributed by atoms with Gasteiger partial charge < -0.3 is 5.32 Å². The summed E-state index contributed by atoms with van der Waals surface area (Å²) in [5, 5.41) is 3.31. The SMILES string of the molecule is CC(C)c1cc(NCCc2ccc(Cl)s2)ncn1. The summed E-state index contributed by atoms with van der Waals surface area (Å²) in [6.45, 7) is 5.10. The zero-order chi connectivity index (χ0) is 13.0. The van der Waals surface area contributed by atoms with Crippen molar-refractivity contribution in [2.45, 2.75) is 26.2 Å². The molecule has 5 heteroatoms. The van der Waals surface area contributed by atoms with Crippen LogP contribution in [-0.4, -0.2) is 16.5 Å². The second-order valence-corrected chi connectivity index (χ2v) is 6.17. The Morgan fingerprint density at radius 1 is 1.33 bits per heavy atom. The molecule has 18 heavy (non-hydrogen) atoms. The van der Waals surface area contributed by atoms with Gasteiger partial charge in [0.25, 0.3) is 0 Å². The van der Waals surface area contributed by atoms with E-state index in [1.54, 1.807) is 17.7 Å². The highest BCUT2D eigenvalue weighted by Crippen LogP contribution is 2.21. The number of rotatable bonds is 5. The first-order valence-electron chi connectivity index (χ1n) is 5.95. The minimum absolute atomic E-state index is 0.421. The Hall–Kier alpha value is -1.13. The van der Waals surface area contributed by atoms with E-state index in [4.69, 9.17) is 11.6 Å². The molecule has 0 aliphatic rings. The van der Waals surface area contributed by atoms with Crippen molar-refractivity contribution in [1.29, 1.82) is 0 Å². The van der Waals surface area contributed by atoms with Crippen molar-refractivity contribution in [2.24, 2.45) is 0 Å². The van der Waals surface area contributed by atoms with Gasteiger partial charge in [0.1, 0.15) is 12.1 Å². The summed E-state index contributed by atoms with van der Waals surface area (Å²) in [5.41, 5.74) is 1.06. The van der Waals surface area contributed by atoms with E-state index in [-0.39, 0.29) is 0 Å². The van der Waals surface area contributed by atoms with E-state index >= 15 is 0 Å². The Kier molecular flexibility index (Phi) is 4.55. The van der Waals surface area contributed by atoms with Gasteiger partial charge in [0.15, 0.2) is 0 Å². The summed E-state index contributed by atoms with van der Waals surface area (Å²) in [5.74, 6) is 1.31. The van der Waals surface area contributed by atoms with Crippen LogP contribution in [0.5, 0.6) is 0 Å². The van der Waals surface area contributed by atoms with Crippen molar-refractivity contribution < 1.29 is 0 Å². The van der Waals surface area contributed by atoms with E-state index in [9.17, 15) is 0 Å². The fraction of sp³-hybridized carbons (Fsp3) is 0.385. The number of anilines is 1. The topological polar surface area (TPSA) is 37.8 Å². The average Bonchev–Trinajstić information content (AvgIpc) is 2.75. The average molecular weight is 282 g/mol. The number of halogens is 1. The van der Waals surface area contributed by atoms with Gasteiger partial charge in [-0.25, -0.2) is 9.97 Å². The largest absolute Gasteiger partial charge is 0.370 e. The van der Waals surface area contributed by atoms with Crippen LogP contribution in [0, 0.1) is 0 Å². The van der Waals surface area contributed by atoms with Gasteiger partial charge in [-0.3, -0.25) is 0 Å². The maximum absolute atomic E-state index is 5.89. The molecule has 0 unspecified atom stereocenters. The van der Waals surface area contributed by atoms with Gasteiger partial charge >= 0.3 is 0 Å². The third-order valence-electron chi connectivity index (χ3n) is 2.59. The normalized spacial score (nSPS) is 10.9. The highest BCUT2D eigenvalue weighted by molar-refractivity contribution is 7.16. The van der Waals surface area contributed by atoms with E-state index < -0.39 is 0 Å². The first-order valence-corrected chi connectivity index (χ1v) is 7.14. The Balaban J connectivity index is 1.88. The molecule has 0 radical (unpaired) electrons. The first-order chi connectivity index (χ1) is 8.65. The molecule has 0 amide bonds. The monoisotopic (exact) mass is 281 g/mol. The Morgan fingerprint density at radius 2 is 2.17 bits per heavy atom. The van der Waals surface area contributed by atoms with Crippen molar-refractivity contribution >= 4 is 28.8 Å². The van der Waals surface area contributed by atoms with Crippen LogP contribution in [0.1, 0.15) is 30.3 Å². The lowest BCUT2D eigenvalue weighted by Crippen LogP contribution is -2.06. The lowest BCUT2D eigenvalue weighted by atomic mass is 10.1. The lowest BCUT2D eigenvalue weighted by Gasteiger charge is -2.07. The highest BCUT2D eigenvalue weighted by Gasteiger charge is 2.03. The third kappa shape index (κ3) is 3.68. The molecule has 0 bridgehead atoms. The zero-order valence-corrected chi connectivity index (χ0v) is 12.1. The fourth-order valence-corrected chi connectivity index (χ4v) is 2.67. The summed E-state index contributed by atoms with van der Waals surface area (Å²) in [7, 11) is 0. The van der Waals surface area contributed by atoms with Crippen LogP contribution in [0.25, 0.3) is 0 Å². The number of hydrogen-bond donors (Lipinski definition) is 1. The summed E-state index contributed by atoms with van der Waals surface area (Å²) in [6.07, 6.45) is 2.57. The molecule has 1 N–H and O–H groups in total. The quantitative estimate of drug-likeness (QED) is 0.901. The maximum Gasteiger partial charge on any atom is 0.129 e. The van der Waals surface area contributed by atoms with Gasteiger partial charge in [0, 0.05) is 23.2 Å². The molecule has 2 aromatic rings. The van der Waals surface area contributed by atoms with Crippen molar-refractivity contribution in [2.75, 3.05) is 11.9 Å². The van der Waals surface area contributed by atoms with Crippen molar-refractivity contribution in [3.63, 3.8) is 0 Å². The Morgan fingerprint density at radius 3 is 2.83 bits per heavy atom. The molecule has 96 valence electrons. The van der Waals surface area contributed by atoms with Crippen molar-refractivity contribution in [3.05, 3.63) is 39.4 Å². The minimum atomic E-state index is 0.421. The highest BCUT2D eigenvalue weighted by atomic mass is 35.5. The van der Waals surface area contributed by atoms with Crippen LogP contribution in [0.3, 0.4) is 0 Å². The molecule has 2 rings (SSSR count). The molecule has 2 heterocycles. The van der Waals surface area contributed by atoms with Crippen molar-refractivity contribution in [1.82, 2.24) is 9.97 Å². The summed E-state index contributed by atoms with van der Waals surface area (Å²) in [6, 6.07) is 6.00. The number of thiophene rings is 1. The summed E-state index contributed by atoms with van der Waals surface area (Å²) in [4.78, 5) is 9.74. The number of aromatic nitrogens is 2. The predicted octanol–water partition coefficient (Wildman–Crippen LogP) is 3.97. The Bertz CT molecular complexity index is 510. The van der Waals surface area contributed by atoms with Gasteiger partial charge in [0.05, 0.1) is 4.34 Å². The Labute approximate surface area is 116 Å². The van der Waals surface area contributed by atoms with Gasteiger partial charge in [-0.1, -0.05) is 25.4 Å². The van der Waals surface area contributed by atoms with Crippen LogP contribution >= 0.6 is 22.9 Å². The molecule has 3 nitrogen and oxygen atoms in total. The second-order valence-electron chi connectivity index (χ2n) is 4.37. The van der Waals surface area contributed by atoms with Gasteiger partial charge in [-0.2, -0.15) is 0 Å². The molecule has 2 aromatic heterocycles. The molecular formula is C13H16ClN3S. The van der Waals surface area contributed by atoms with Gasteiger partial charge in [-0.05, 0) is 24.5 Å². The molecular weight excluding hydrogens is 266 g/mol. The van der Waals surface area contributed by atoms with E-state index in [0.717, 1.165) is 28.8 Å². The molecule has 0 saturated heterocycles. The maximum atomic E-state index is 5.89. The molecule has 0 spiro atoms. The summed E-state index contributed by atoms with van der Waals surface area (Å²) >= 11 is 7.51. The van der Waals surface area contributed by atoms with Crippen LogP contribution < -0.4 is 5.32 Å². The van der Waals surface area contributed by atoms with Crippen LogP contribution in [0.4, 0.5) is 5.82 Å². The molecule has 0 aliphatic heterocycles. The molecule has 0 fully saturated rings. The van der Waals surface area contributed by atoms with E-state index in [1.165, 1.54) is 4.88 Å². The van der Waals surface area contributed by atoms with Crippen LogP contribution in [-0.2, 0) is 6.42 Å². The lowest BCUT2D eigenvalue weighted by molar-refractivity contribution is 0.813. The zero-order valence-electron chi connectivity index (χ0n) is 10.5. The first kappa shape index (κ1) is 13.3. The molecule has 0 saturated carbocycles. The minimum Gasteiger partial charge on any atom is -0.370 e. The number of nitrogens with one attached hydrogen (secondary N) is 1. The van der Waals surface area contributed by atoms with Gasteiger partial charge in [-0.15, -0.1) is 11.3 Å². The van der Waals surface area contributed by atoms with E-state index in [1.807, 2.05) is 12.1 Å². The fourth-order valence-electron chi connectivity index (χ4n) is 1.58. The van der Waals surface area contributed by atoms with E-state index in [0.29, 0.717) is 5.92 Å². The number of nitrogens with zero attached hydrogens (tertiary/aromatic N) is 2.